The number of aromatic hydroxyl groups is 1. The molecule has 35 heavy (non-hydrogen) atoms. The Morgan fingerprint density at radius 2 is 1.86 bits per heavy atom. The summed E-state index contributed by atoms with van der Waals surface area (Å²) in [6.45, 7) is 5.72. The van der Waals surface area contributed by atoms with E-state index in [1.165, 1.54) is 18.0 Å². The van der Waals surface area contributed by atoms with Crippen LogP contribution in [0.15, 0.2) is 95.7 Å². The normalized spacial score (nSPS) is 11.0. The number of para-hydroxylation sites is 1. The van der Waals surface area contributed by atoms with Crippen molar-refractivity contribution in [2.75, 3.05) is 5.75 Å². The molecule has 0 radical (unpaired) electrons. The Morgan fingerprint density at radius 3 is 2.60 bits per heavy atom. The number of carbonyl (C=O) groups excluding carboxylic acids is 1. The molecule has 0 fully saturated rings. The highest BCUT2D eigenvalue weighted by molar-refractivity contribution is 7.99. The van der Waals surface area contributed by atoms with E-state index in [9.17, 15) is 9.90 Å². The van der Waals surface area contributed by atoms with Crippen LogP contribution in [0.5, 0.6) is 5.75 Å². The summed E-state index contributed by atoms with van der Waals surface area (Å²) in [6.07, 6.45) is 3.68. The summed E-state index contributed by atoms with van der Waals surface area (Å²) in [7, 11) is 0. The molecule has 0 aliphatic heterocycles. The van der Waals surface area contributed by atoms with E-state index in [0.717, 1.165) is 22.4 Å². The number of hydrogen-bond acceptors (Lipinski definition) is 6. The highest BCUT2D eigenvalue weighted by atomic mass is 32.2. The summed E-state index contributed by atoms with van der Waals surface area (Å²) in [4.78, 5) is 12.5. The van der Waals surface area contributed by atoms with Gasteiger partial charge in [0.15, 0.2) is 11.0 Å². The number of hydrazone groups is 1. The fourth-order valence-electron chi connectivity index (χ4n) is 3.44. The van der Waals surface area contributed by atoms with Gasteiger partial charge in [-0.3, -0.25) is 9.36 Å². The molecule has 4 rings (SSSR count). The van der Waals surface area contributed by atoms with Crippen LogP contribution < -0.4 is 5.43 Å². The molecule has 3 aromatic carbocycles. The Kier molecular flexibility index (Phi) is 7.74. The number of aromatic nitrogens is 3. The van der Waals surface area contributed by atoms with Gasteiger partial charge in [0.25, 0.3) is 5.91 Å². The van der Waals surface area contributed by atoms with Gasteiger partial charge in [0.1, 0.15) is 5.75 Å². The largest absolute Gasteiger partial charge is 0.507 e. The third-order valence-corrected chi connectivity index (χ3v) is 6.13. The maximum atomic E-state index is 12.5. The molecule has 0 unspecified atom stereocenters. The van der Waals surface area contributed by atoms with Crippen LogP contribution in [0.3, 0.4) is 0 Å². The van der Waals surface area contributed by atoms with Crippen LogP contribution in [-0.2, 0) is 11.2 Å². The molecule has 1 aromatic heterocycles. The number of nitrogens with one attached hydrogen (secondary N) is 1. The second kappa shape index (κ2) is 11.3. The van der Waals surface area contributed by atoms with E-state index in [1.54, 1.807) is 12.1 Å². The van der Waals surface area contributed by atoms with Crippen molar-refractivity contribution in [3.8, 4) is 22.8 Å². The van der Waals surface area contributed by atoms with Gasteiger partial charge in [-0.15, -0.1) is 16.8 Å². The zero-order valence-corrected chi connectivity index (χ0v) is 20.1. The molecule has 1 heterocycles. The molecule has 0 atom stereocenters. The van der Waals surface area contributed by atoms with Crippen LogP contribution >= 0.6 is 11.8 Å². The van der Waals surface area contributed by atoms with Crippen molar-refractivity contribution < 1.29 is 9.90 Å². The lowest BCUT2D eigenvalue weighted by Gasteiger charge is -2.10. The van der Waals surface area contributed by atoms with Crippen LogP contribution in [0.2, 0.25) is 0 Å². The number of amides is 1. The van der Waals surface area contributed by atoms with E-state index in [-0.39, 0.29) is 17.4 Å². The molecule has 0 saturated carbocycles. The second-order valence-corrected chi connectivity index (χ2v) is 8.72. The topological polar surface area (TPSA) is 92.4 Å². The first-order valence-corrected chi connectivity index (χ1v) is 12.0. The van der Waals surface area contributed by atoms with Gasteiger partial charge in [0, 0.05) is 16.8 Å². The standard InChI is InChI=1S/C27H25N5O2S/c1-3-8-20-11-7-12-22(25(20)34)17-28-29-24(33)18-35-27-31-30-26(21-9-5-4-6-10-21)32(27)23-15-13-19(2)14-16-23/h3-7,9-17,34H,1,8,18H2,2H3,(H,29,33)/b28-17-. The summed E-state index contributed by atoms with van der Waals surface area (Å²) in [6, 6.07) is 23.2. The van der Waals surface area contributed by atoms with Crippen molar-refractivity contribution in [2.45, 2.75) is 18.5 Å². The number of rotatable bonds is 9. The van der Waals surface area contributed by atoms with Crippen LogP contribution in [-0.4, -0.2) is 37.7 Å². The van der Waals surface area contributed by atoms with Gasteiger partial charge in [-0.1, -0.05) is 78.0 Å². The molecule has 0 aliphatic rings. The highest BCUT2D eigenvalue weighted by Crippen LogP contribution is 2.28. The Balaban J connectivity index is 1.48. The Hall–Kier alpha value is -4.17. The summed E-state index contributed by atoms with van der Waals surface area (Å²) in [5, 5.41) is 23.6. The number of nitrogens with zero attached hydrogens (tertiary/aromatic N) is 4. The first kappa shape index (κ1) is 24.0. The van der Waals surface area contributed by atoms with Gasteiger partial charge in [-0.25, -0.2) is 5.43 Å². The molecule has 7 nitrogen and oxygen atoms in total. The second-order valence-electron chi connectivity index (χ2n) is 7.77. The van der Waals surface area contributed by atoms with Crippen molar-refractivity contribution in [2.24, 2.45) is 5.10 Å². The summed E-state index contributed by atoms with van der Waals surface area (Å²) in [5.41, 5.74) is 6.76. The van der Waals surface area contributed by atoms with Crippen LogP contribution in [0.4, 0.5) is 0 Å². The summed E-state index contributed by atoms with van der Waals surface area (Å²) >= 11 is 1.27. The average Bonchev–Trinajstić information content (AvgIpc) is 3.30. The number of benzene rings is 3. The van der Waals surface area contributed by atoms with Crippen molar-refractivity contribution >= 4 is 23.9 Å². The van der Waals surface area contributed by atoms with Crippen molar-refractivity contribution in [3.05, 3.63) is 102 Å². The zero-order chi connectivity index (χ0) is 24.6. The first-order valence-electron chi connectivity index (χ1n) is 11.0. The SMILES string of the molecule is C=CCc1cccc(/C=N\NC(=O)CSc2nnc(-c3ccccc3)n2-c2ccc(C)cc2)c1O. The first-order chi connectivity index (χ1) is 17.1. The molecule has 8 heteroatoms. The van der Waals surface area contributed by atoms with E-state index >= 15 is 0 Å². The maximum Gasteiger partial charge on any atom is 0.250 e. The number of phenols is 1. The average molecular weight is 484 g/mol. The number of phenolic OH excluding ortho intramolecular Hbond substituents is 1. The quantitative estimate of drug-likeness (QED) is 0.153. The molecule has 1 amide bonds. The third-order valence-electron chi connectivity index (χ3n) is 5.20. The maximum absolute atomic E-state index is 12.5. The molecular formula is C27H25N5O2S. The fourth-order valence-corrected chi connectivity index (χ4v) is 4.18. The van der Waals surface area contributed by atoms with Crippen molar-refractivity contribution in [1.82, 2.24) is 20.2 Å². The predicted octanol–water partition coefficient (Wildman–Crippen LogP) is 4.92. The smallest absolute Gasteiger partial charge is 0.250 e. The Bertz CT molecular complexity index is 1350. The third kappa shape index (κ3) is 5.85. The van der Waals surface area contributed by atoms with Gasteiger partial charge in [-0.05, 0) is 37.1 Å². The fraction of sp³-hybridized carbons (Fsp3) is 0.111. The predicted molar refractivity (Wildman–Crippen MR) is 140 cm³/mol. The number of hydrogen-bond donors (Lipinski definition) is 2. The minimum absolute atomic E-state index is 0.0958. The highest BCUT2D eigenvalue weighted by Gasteiger charge is 2.17. The zero-order valence-electron chi connectivity index (χ0n) is 19.3. The van der Waals surface area contributed by atoms with Crippen LogP contribution in [0, 0.1) is 6.92 Å². The van der Waals surface area contributed by atoms with Gasteiger partial charge in [0.2, 0.25) is 0 Å². The van der Waals surface area contributed by atoms with Gasteiger partial charge >= 0.3 is 0 Å². The molecule has 0 aliphatic carbocycles. The molecule has 0 saturated heterocycles. The minimum Gasteiger partial charge on any atom is -0.507 e. The van der Waals surface area contributed by atoms with E-state index in [0.29, 0.717) is 23.0 Å². The lowest BCUT2D eigenvalue weighted by atomic mass is 10.1. The monoisotopic (exact) mass is 483 g/mol. The van der Waals surface area contributed by atoms with Crippen molar-refractivity contribution in [1.29, 1.82) is 0 Å². The van der Waals surface area contributed by atoms with Crippen LogP contribution in [0.25, 0.3) is 17.1 Å². The number of thioether (sulfide) groups is 1. The van der Waals surface area contributed by atoms with E-state index in [1.807, 2.05) is 78.2 Å². The molecule has 0 spiro atoms. The van der Waals surface area contributed by atoms with Gasteiger partial charge in [-0.2, -0.15) is 5.10 Å². The number of aryl methyl sites for hydroxylation is 1. The minimum atomic E-state index is -0.298. The van der Waals surface area contributed by atoms with E-state index in [4.69, 9.17) is 0 Å². The van der Waals surface area contributed by atoms with E-state index in [2.05, 4.69) is 27.3 Å². The number of allylic oxidation sites excluding steroid dienone is 1. The van der Waals surface area contributed by atoms with E-state index < -0.39 is 0 Å². The van der Waals surface area contributed by atoms with Gasteiger partial charge in [0.05, 0.1) is 12.0 Å². The Labute approximate surface area is 208 Å². The van der Waals surface area contributed by atoms with Crippen molar-refractivity contribution in [3.63, 3.8) is 0 Å². The summed E-state index contributed by atoms with van der Waals surface area (Å²) in [5.74, 6) is 0.621. The molecular weight excluding hydrogens is 458 g/mol. The van der Waals surface area contributed by atoms with Crippen LogP contribution in [0.1, 0.15) is 16.7 Å². The molecule has 176 valence electrons. The lowest BCUT2D eigenvalue weighted by molar-refractivity contribution is -0.118. The number of carbonyl (C=O) groups is 1. The summed E-state index contributed by atoms with van der Waals surface area (Å²) < 4.78 is 1.94. The Morgan fingerprint density at radius 1 is 1.09 bits per heavy atom. The molecule has 2 N–H and O–H groups in total. The molecule has 0 bridgehead atoms. The molecule has 4 aromatic rings. The lowest BCUT2D eigenvalue weighted by Crippen LogP contribution is -2.20. The van der Waals surface area contributed by atoms with Gasteiger partial charge < -0.3 is 5.11 Å².